The number of rotatable bonds is 2. The molecule has 19 heavy (non-hydrogen) atoms. The number of hydrogen-bond donors (Lipinski definition) is 1. The monoisotopic (exact) mass is 276 g/mol. The van der Waals surface area contributed by atoms with Crippen LogP contribution in [0.3, 0.4) is 0 Å². The summed E-state index contributed by atoms with van der Waals surface area (Å²) in [5.41, 5.74) is -3.02. The number of aromatic carboxylic acids is 1. The van der Waals surface area contributed by atoms with Gasteiger partial charge in [-0.05, 0) is 12.1 Å². The zero-order chi connectivity index (χ0) is 14.2. The highest BCUT2D eigenvalue weighted by molar-refractivity contribution is 5.86. The molecule has 10 heteroatoms. The molecule has 100 valence electrons. The maximum Gasteiger partial charge on any atom is 0.436 e. The van der Waals surface area contributed by atoms with Crippen LogP contribution in [0.1, 0.15) is 16.2 Å². The van der Waals surface area contributed by atoms with Crippen molar-refractivity contribution in [1.82, 2.24) is 20.0 Å². The van der Waals surface area contributed by atoms with E-state index >= 15 is 0 Å². The number of aromatic nitrogens is 4. The van der Waals surface area contributed by atoms with Gasteiger partial charge in [0.05, 0.1) is 0 Å². The average Bonchev–Trinajstić information content (AvgIpc) is 2.73. The molecule has 0 saturated carbocycles. The molecule has 2 aromatic heterocycles. The molecule has 2 rings (SSSR count). The number of hydrogen-bond acceptors (Lipinski definition) is 4. The third kappa shape index (κ3) is 2.23. The Morgan fingerprint density at radius 3 is 2.58 bits per heavy atom. The van der Waals surface area contributed by atoms with Crippen LogP contribution in [-0.2, 0) is 6.18 Å². The molecule has 0 aliphatic carbocycles. The zero-order valence-corrected chi connectivity index (χ0v) is 8.89. The Balaban J connectivity index is 2.73. The van der Waals surface area contributed by atoms with E-state index in [-0.39, 0.29) is 4.68 Å². The molecule has 2 aromatic rings. The van der Waals surface area contributed by atoms with E-state index in [1.165, 1.54) is 6.07 Å². The third-order valence-corrected chi connectivity index (χ3v) is 2.08. The first-order valence-electron chi connectivity index (χ1n) is 4.69. The van der Waals surface area contributed by atoms with Crippen LogP contribution in [0.2, 0.25) is 0 Å². The Morgan fingerprint density at radius 1 is 1.37 bits per heavy atom. The minimum atomic E-state index is -5.07. The number of carboxylic acids is 1. The molecular formula is C9H4F4N4O2. The van der Waals surface area contributed by atoms with Crippen molar-refractivity contribution in [1.29, 1.82) is 0 Å². The van der Waals surface area contributed by atoms with E-state index in [4.69, 9.17) is 5.11 Å². The minimum absolute atomic E-state index is 0.0127. The van der Waals surface area contributed by atoms with Gasteiger partial charge in [-0.1, -0.05) is 5.21 Å². The summed E-state index contributed by atoms with van der Waals surface area (Å²) >= 11 is 0. The molecular weight excluding hydrogens is 272 g/mol. The van der Waals surface area contributed by atoms with E-state index in [9.17, 15) is 22.4 Å². The van der Waals surface area contributed by atoms with Crippen molar-refractivity contribution in [2.24, 2.45) is 0 Å². The van der Waals surface area contributed by atoms with Gasteiger partial charge in [0.15, 0.2) is 17.3 Å². The van der Waals surface area contributed by atoms with Crippen LogP contribution in [0.25, 0.3) is 5.82 Å². The van der Waals surface area contributed by atoms with Gasteiger partial charge in [-0.2, -0.15) is 17.9 Å². The predicted molar refractivity (Wildman–Crippen MR) is 51.1 cm³/mol. The molecule has 0 aliphatic rings. The zero-order valence-electron chi connectivity index (χ0n) is 8.89. The molecule has 0 fully saturated rings. The van der Waals surface area contributed by atoms with E-state index in [1.807, 2.05) is 0 Å². The summed E-state index contributed by atoms with van der Waals surface area (Å²) < 4.78 is 51.8. The summed E-state index contributed by atoms with van der Waals surface area (Å²) in [5, 5.41) is 14.5. The molecule has 0 spiro atoms. The van der Waals surface area contributed by atoms with Crippen molar-refractivity contribution in [3.63, 3.8) is 0 Å². The highest BCUT2D eigenvalue weighted by atomic mass is 19.4. The summed E-state index contributed by atoms with van der Waals surface area (Å²) in [5.74, 6) is -3.79. The van der Waals surface area contributed by atoms with Crippen molar-refractivity contribution in [2.45, 2.75) is 6.18 Å². The standard InChI is InChI=1S/C9H4F4N4O2/c10-4-2-1-3-14-7(4)17-6(9(11,12)13)5(8(18)19)15-16-17/h1-3H,(H,18,19). The molecule has 2 heterocycles. The number of alkyl halides is 3. The first-order valence-corrected chi connectivity index (χ1v) is 4.69. The molecule has 0 atom stereocenters. The summed E-state index contributed by atoms with van der Waals surface area (Å²) in [6, 6.07) is 2.03. The fourth-order valence-electron chi connectivity index (χ4n) is 1.36. The van der Waals surface area contributed by atoms with Gasteiger partial charge < -0.3 is 5.11 Å². The molecule has 0 amide bonds. The van der Waals surface area contributed by atoms with Crippen LogP contribution in [0.4, 0.5) is 17.6 Å². The van der Waals surface area contributed by atoms with Gasteiger partial charge in [-0.15, -0.1) is 5.10 Å². The predicted octanol–water partition coefficient (Wildman–Crippen LogP) is 1.52. The van der Waals surface area contributed by atoms with E-state index in [2.05, 4.69) is 15.3 Å². The second-order valence-electron chi connectivity index (χ2n) is 3.31. The lowest BCUT2D eigenvalue weighted by Crippen LogP contribution is -2.18. The van der Waals surface area contributed by atoms with Gasteiger partial charge >= 0.3 is 12.1 Å². The maximum absolute atomic E-state index is 13.4. The molecule has 0 aromatic carbocycles. The van der Waals surface area contributed by atoms with Gasteiger partial charge in [-0.3, -0.25) is 0 Å². The largest absolute Gasteiger partial charge is 0.476 e. The SMILES string of the molecule is O=C(O)c1nnn(-c2ncccc2F)c1C(F)(F)F. The van der Waals surface area contributed by atoms with Gasteiger partial charge in [0.1, 0.15) is 0 Å². The van der Waals surface area contributed by atoms with Crippen LogP contribution in [-0.4, -0.2) is 31.1 Å². The Labute approximate surface area is 102 Å². The van der Waals surface area contributed by atoms with Crippen molar-refractivity contribution in [2.75, 3.05) is 0 Å². The number of pyridine rings is 1. The normalized spacial score (nSPS) is 11.6. The Morgan fingerprint density at radius 2 is 2.05 bits per heavy atom. The summed E-state index contributed by atoms with van der Waals surface area (Å²) in [6.07, 6.45) is -4.03. The lowest BCUT2D eigenvalue weighted by molar-refractivity contribution is -0.143. The summed E-state index contributed by atoms with van der Waals surface area (Å²) in [4.78, 5) is 14.1. The van der Waals surface area contributed by atoms with Gasteiger partial charge in [0.25, 0.3) is 0 Å². The van der Waals surface area contributed by atoms with E-state index in [1.54, 1.807) is 0 Å². The van der Waals surface area contributed by atoms with Gasteiger partial charge in [-0.25, -0.2) is 14.2 Å². The molecule has 0 saturated heterocycles. The quantitative estimate of drug-likeness (QED) is 0.841. The second kappa shape index (κ2) is 4.30. The van der Waals surface area contributed by atoms with E-state index < -0.39 is 35.2 Å². The average molecular weight is 276 g/mol. The molecule has 1 N–H and O–H groups in total. The molecule has 6 nitrogen and oxygen atoms in total. The Hall–Kier alpha value is -2.52. The first kappa shape index (κ1) is 12.9. The molecule has 0 unspecified atom stereocenters. The topological polar surface area (TPSA) is 80.9 Å². The Bertz CT molecular complexity index is 637. The first-order chi connectivity index (χ1) is 8.82. The molecule has 0 aliphatic heterocycles. The smallest absolute Gasteiger partial charge is 0.436 e. The lowest BCUT2D eigenvalue weighted by Gasteiger charge is -2.09. The van der Waals surface area contributed by atoms with Crippen molar-refractivity contribution >= 4 is 5.97 Å². The second-order valence-corrected chi connectivity index (χ2v) is 3.31. The van der Waals surface area contributed by atoms with Crippen LogP contribution in [0, 0.1) is 5.82 Å². The highest BCUT2D eigenvalue weighted by Crippen LogP contribution is 2.32. The number of nitrogens with zero attached hydrogens (tertiary/aromatic N) is 4. The summed E-state index contributed by atoms with van der Waals surface area (Å²) in [6.45, 7) is 0. The highest BCUT2D eigenvalue weighted by Gasteiger charge is 2.42. The van der Waals surface area contributed by atoms with Crippen molar-refractivity contribution in [3.8, 4) is 5.82 Å². The van der Waals surface area contributed by atoms with Crippen LogP contribution in [0.5, 0.6) is 0 Å². The fourth-order valence-corrected chi connectivity index (χ4v) is 1.36. The summed E-state index contributed by atoms with van der Waals surface area (Å²) in [7, 11) is 0. The van der Waals surface area contributed by atoms with Gasteiger partial charge in [0, 0.05) is 6.20 Å². The molecule has 0 radical (unpaired) electrons. The molecule has 0 bridgehead atoms. The number of carbonyl (C=O) groups is 1. The van der Waals surface area contributed by atoms with E-state index in [0.29, 0.717) is 0 Å². The van der Waals surface area contributed by atoms with Gasteiger partial charge in [0.2, 0.25) is 5.69 Å². The van der Waals surface area contributed by atoms with Crippen molar-refractivity contribution in [3.05, 3.63) is 35.5 Å². The Kier molecular flexibility index (Phi) is 2.92. The van der Waals surface area contributed by atoms with Crippen LogP contribution >= 0.6 is 0 Å². The number of carboxylic acid groups (broad SMARTS) is 1. The lowest BCUT2D eigenvalue weighted by atomic mass is 10.3. The van der Waals surface area contributed by atoms with Crippen LogP contribution < -0.4 is 0 Å². The number of halogens is 4. The fraction of sp³-hybridized carbons (Fsp3) is 0.111. The third-order valence-electron chi connectivity index (χ3n) is 2.08. The van der Waals surface area contributed by atoms with Crippen molar-refractivity contribution < 1.29 is 27.5 Å². The minimum Gasteiger partial charge on any atom is -0.476 e. The maximum atomic E-state index is 13.4. The van der Waals surface area contributed by atoms with Crippen LogP contribution in [0.15, 0.2) is 18.3 Å². The van der Waals surface area contributed by atoms with E-state index in [0.717, 1.165) is 12.3 Å².